The van der Waals surface area contributed by atoms with Crippen molar-refractivity contribution in [3.05, 3.63) is 42.0 Å². The average molecular weight is 320 g/mol. The number of hydrogen-bond acceptors (Lipinski definition) is 4. The van der Waals surface area contributed by atoms with Gasteiger partial charge in [-0.25, -0.2) is 0 Å². The molecular weight excluding hydrogens is 307 g/mol. The molecular formula is C13H13KO5S. The molecule has 0 heterocycles. The van der Waals surface area contributed by atoms with E-state index in [4.69, 9.17) is 0 Å². The summed E-state index contributed by atoms with van der Waals surface area (Å²) < 4.78 is 36.4. The van der Waals surface area contributed by atoms with Crippen molar-refractivity contribution in [3.63, 3.8) is 0 Å². The van der Waals surface area contributed by atoms with Crippen LogP contribution in [0.25, 0.3) is 10.8 Å². The van der Waals surface area contributed by atoms with Crippen LogP contribution < -0.4 is 51.4 Å². The summed E-state index contributed by atoms with van der Waals surface area (Å²) in [6, 6.07) is 9.47. The zero-order valence-corrected chi connectivity index (χ0v) is 15.1. The fraction of sp³-hybridized carbons (Fsp3) is 0.154. The summed E-state index contributed by atoms with van der Waals surface area (Å²) in [7, 11) is -3.01. The number of ether oxygens (including phenoxy) is 1. The maximum absolute atomic E-state index is 11.3. The molecule has 0 aliphatic heterocycles. The first-order chi connectivity index (χ1) is 8.93. The number of hydrogen-bond donors (Lipinski definition) is 1. The number of rotatable bonds is 3. The van der Waals surface area contributed by atoms with Gasteiger partial charge in [0.15, 0.2) is 0 Å². The van der Waals surface area contributed by atoms with Crippen LogP contribution >= 0.6 is 0 Å². The molecule has 0 radical (unpaired) electrons. The second-order valence-electron chi connectivity index (χ2n) is 4.00. The number of carbonyl (C=O) groups is 1. The van der Waals surface area contributed by atoms with Crippen LogP contribution in [0.3, 0.4) is 0 Å². The van der Waals surface area contributed by atoms with Crippen LogP contribution in [0.15, 0.2) is 41.3 Å². The third-order valence-corrected chi connectivity index (χ3v) is 3.73. The predicted molar refractivity (Wildman–Crippen MR) is 70.6 cm³/mol. The van der Waals surface area contributed by atoms with Crippen LogP contribution in [-0.4, -0.2) is 26.0 Å². The summed E-state index contributed by atoms with van der Waals surface area (Å²) >= 11 is 0. The molecule has 0 fully saturated rings. The summed E-state index contributed by atoms with van der Waals surface area (Å²) in [5.74, 6) is -0.412. The monoisotopic (exact) mass is 320 g/mol. The minimum atomic E-state index is -4.30. The van der Waals surface area contributed by atoms with Gasteiger partial charge in [0.25, 0.3) is 10.1 Å². The zero-order chi connectivity index (χ0) is 14.0. The van der Waals surface area contributed by atoms with E-state index in [1.165, 1.54) is 19.2 Å². The molecule has 102 valence electrons. The fourth-order valence-electron chi connectivity index (χ4n) is 1.94. The maximum atomic E-state index is 11.3. The van der Waals surface area contributed by atoms with E-state index in [-0.39, 0.29) is 64.1 Å². The molecule has 0 aliphatic rings. The minimum absolute atomic E-state index is 0. The summed E-state index contributed by atoms with van der Waals surface area (Å²) in [4.78, 5) is 11.1. The van der Waals surface area contributed by atoms with Gasteiger partial charge in [0.05, 0.1) is 13.5 Å². The van der Waals surface area contributed by atoms with Crippen molar-refractivity contribution in [1.29, 1.82) is 0 Å². The molecule has 0 saturated carbocycles. The molecule has 1 N–H and O–H groups in total. The van der Waals surface area contributed by atoms with Gasteiger partial charge in [0.2, 0.25) is 0 Å². The van der Waals surface area contributed by atoms with Gasteiger partial charge < -0.3 is 6.16 Å². The molecule has 0 saturated heterocycles. The molecule has 2 aromatic carbocycles. The zero-order valence-electron chi connectivity index (χ0n) is 12.2. The Morgan fingerprint density at radius 2 is 1.80 bits per heavy atom. The standard InChI is InChI=1S/C13H12O5S.K.H/c1-18-13(14)8-9-6-7-12(19(15,16)17)11-5-3-2-4-10(9)11;;/h2-7H,8H2,1H3,(H,15,16,17);;/q;+1;-1. The Kier molecular flexibility index (Phi) is 6.33. The van der Waals surface area contributed by atoms with Crippen LogP contribution in [0, 0.1) is 0 Å². The summed E-state index contributed by atoms with van der Waals surface area (Å²) in [6.45, 7) is 0. The van der Waals surface area contributed by atoms with Crippen LogP contribution in [0.4, 0.5) is 0 Å². The first kappa shape index (κ1) is 17.8. The Morgan fingerprint density at radius 1 is 1.20 bits per heavy atom. The topological polar surface area (TPSA) is 80.7 Å². The first-order valence-electron chi connectivity index (χ1n) is 5.48. The second-order valence-corrected chi connectivity index (χ2v) is 5.39. The van der Waals surface area contributed by atoms with E-state index in [2.05, 4.69) is 4.74 Å². The smallest absolute Gasteiger partial charge is 1.00 e. The summed E-state index contributed by atoms with van der Waals surface area (Å²) in [5, 5.41) is 0.981. The molecule has 7 heteroatoms. The van der Waals surface area contributed by atoms with E-state index in [1.54, 1.807) is 24.3 Å². The third kappa shape index (κ3) is 3.88. The first-order valence-corrected chi connectivity index (χ1v) is 6.92. The van der Waals surface area contributed by atoms with Gasteiger partial charge in [-0.2, -0.15) is 8.42 Å². The summed E-state index contributed by atoms with van der Waals surface area (Å²) in [5.41, 5.74) is 0.648. The molecule has 2 aromatic rings. The van der Waals surface area contributed by atoms with Crippen molar-refractivity contribution in [2.24, 2.45) is 0 Å². The Morgan fingerprint density at radius 3 is 2.35 bits per heavy atom. The van der Waals surface area contributed by atoms with E-state index < -0.39 is 16.1 Å². The van der Waals surface area contributed by atoms with E-state index in [0.29, 0.717) is 16.3 Å². The number of methoxy groups -OCH3 is 1. The van der Waals surface area contributed by atoms with Crippen LogP contribution in [0.5, 0.6) is 0 Å². The van der Waals surface area contributed by atoms with Gasteiger partial charge in [0, 0.05) is 5.39 Å². The second kappa shape index (κ2) is 7.12. The van der Waals surface area contributed by atoms with Crippen molar-refractivity contribution >= 4 is 26.9 Å². The van der Waals surface area contributed by atoms with E-state index >= 15 is 0 Å². The Labute approximate surface area is 161 Å². The van der Waals surface area contributed by atoms with E-state index in [0.717, 1.165) is 0 Å². The molecule has 0 aliphatic carbocycles. The van der Waals surface area contributed by atoms with E-state index in [1.807, 2.05) is 0 Å². The Bertz CT molecular complexity index is 745. The van der Waals surface area contributed by atoms with E-state index in [9.17, 15) is 17.8 Å². The van der Waals surface area contributed by atoms with Crippen LogP contribution in [-0.2, 0) is 26.1 Å². The van der Waals surface area contributed by atoms with Gasteiger partial charge in [-0.1, -0.05) is 30.3 Å². The van der Waals surface area contributed by atoms with Crippen molar-refractivity contribution in [2.45, 2.75) is 11.3 Å². The SMILES string of the molecule is COC(=O)Cc1ccc(S(=O)(=O)O)c2ccccc12.[H-].[K+]. The molecule has 0 bridgehead atoms. The van der Waals surface area contributed by atoms with Crippen LogP contribution in [0.1, 0.15) is 6.99 Å². The molecule has 0 spiro atoms. The van der Waals surface area contributed by atoms with Crippen LogP contribution in [0.2, 0.25) is 0 Å². The average Bonchev–Trinajstić information content (AvgIpc) is 2.37. The van der Waals surface area contributed by atoms with Gasteiger partial charge in [-0.15, -0.1) is 0 Å². The minimum Gasteiger partial charge on any atom is -1.00 e. The predicted octanol–water partition coefficient (Wildman–Crippen LogP) is -1.08. The van der Waals surface area contributed by atoms with Crippen molar-refractivity contribution in [2.75, 3.05) is 7.11 Å². The molecule has 0 atom stereocenters. The number of carbonyl (C=O) groups excluding carboxylic acids is 1. The normalized spacial score (nSPS) is 10.9. The quantitative estimate of drug-likeness (QED) is 0.442. The molecule has 0 unspecified atom stereocenters. The fourth-order valence-corrected chi connectivity index (χ4v) is 2.64. The Hall–Kier alpha value is -0.284. The van der Waals surface area contributed by atoms with Crippen molar-refractivity contribution < 1.29 is 75.3 Å². The van der Waals surface area contributed by atoms with Crippen molar-refractivity contribution in [1.82, 2.24) is 0 Å². The maximum Gasteiger partial charge on any atom is 1.00 e. The number of esters is 1. The molecule has 0 aromatic heterocycles. The van der Waals surface area contributed by atoms with Gasteiger partial charge in [-0.3, -0.25) is 9.35 Å². The molecule has 0 amide bonds. The number of fused-ring (bicyclic) bond motifs is 1. The van der Waals surface area contributed by atoms with Gasteiger partial charge in [-0.05, 0) is 17.0 Å². The largest absolute Gasteiger partial charge is 1.00 e. The number of benzene rings is 2. The summed E-state index contributed by atoms with van der Waals surface area (Å²) in [6.07, 6.45) is 0.0444. The molecule has 5 nitrogen and oxygen atoms in total. The van der Waals surface area contributed by atoms with Gasteiger partial charge in [0.1, 0.15) is 4.90 Å². The van der Waals surface area contributed by atoms with Crippen molar-refractivity contribution in [3.8, 4) is 0 Å². The van der Waals surface area contributed by atoms with Gasteiger partial charge >= 0.3 is 57.4 Å². The third-order valence-electron chi connectivity index (χ3n) is 2.81. The Balaban J connectivity index is 0.00000200. The molecule has 2 rings (SSSR count). The molecule has 20 heavy (non-hydrogen) atoms.